The van der Waals surface area contributed by atoms with Crippen molar-refractivity contribution >= 4 is 0 Å². The van der Waals surface area contributed by atoms with Crippen LogP contribution in [0.2, 0.25) is 0 Å². The molecule has 0 spiro atoms. The van der Waals surface area contributed by atoms with Gasteiger partial charge in [0.1, 0.15) is 12.2 Å². The highest BCUT2D eigenvalue weighted by atomic mass is 16.4. The molecule has 0 amide bonds. The number of rotatable bonds is 4. The summed E-state index contributed by atoms with van der Waals surface area (Å²) in [6, 6.07) is 0. The lowest BCUT2D eigenvalue weighted by Gasteiger charge is -2.13. The molecule has 0 aliphatic heterocycles. The van der Waals surface area contributed by atoms with Crippen molar-refractivity contribution in [3.05, 3.63) is 23.7 Å². The van der Waals surface area contributed by atoms with Crippen LogP contribution in [0.3, 0.4) is 0 Å². The zero-order valence-electron chi connectivity index (χ0n) is 10.2. The van der Waals surface area contributed by atoms with E-state index in [9.17, 15) is 0 Å². The Kier molecular flexibility index (Phi) is 2.93. The van der Waals surface area contributed by atoms with Gasteiger partial charge in [0.15, 0.2) is 0 Å². The van der Waals surface area contributed by atoms with E-state index in [4.69, 9.17) is 10.2 Å². The third-order valence-electron chi connectivity index (χ3n) is 2.31. The SMILES string of the molecule is CCc1nnc(Cn2cc(C(C)(C)N)nn2)o1. The molecule has 0 saturated heterocycles. The second-order valence-electron chi connectivity index (χ2n) is 4.47. The molecule has 2 heterocycles. The van der Waals surface area contributed by atoms with Gasteiger partial charge >= 0.3 is 0 Å². The maximum absolute atomic E-state index is 5.92. The molecule has 0 atom stereocenters. The lowest BCUT2D eigenvalue weighted by molar-refractivity contribution is 0.430. The van der Waals surface area contributed by atoms with E-state index in [0.717, 1.165) is 12.1 Å². The average molecular weight is 236 g/mol. The fourth-order valence-electron chi connectivity index (χ4n) is 1.30. The first kappa shape index (κ1) is 11.7. The molecule has 7 nitrogen and oxygen atoms in total. The van der Waals surface area contributed by atoms with Crippen molar-refractivity contribution in [2.24, 2.45) is 5.73 Å². The summed E-state index contributed by atoms with van der Waals surface area (Å²) < 4.78 is 7.03. The van der Waals surface area contributed by atoms with Gasteiger partial charge in [0, 0.05) is 6.42 Å². The number of hydrogen-bond acceptors (Lipinski definition) is 6. The van der Waals surface area contributed by atoms with E-state index in [1.807, 2.05) is 20.8 Å². The molecule has 0 aromatic carbocycles. The van der Waals surface area contributed by atoms with Gasteiger partial charge < -0.3 is 10.2 Å². The summed E-state index contributed by atoms with van der Waals surface area (Å²) in [5, 5.41) is 15.8. The predicted molar refractivity (Wildman–Crippen MR) is 60.0 cm³/mol. The maximum Gasteiger partial charge on any atom is 0.237 e. The van der Waals surface area contributed by atoms with Gasteiger partial charge in [-0.2, -0.15) is 0 Å². The third-order valence-corrected chi connectivity index (χ3v) is 2.31. The topological polar surface area (TPSA) is 95.7 Å². The smallest absolute Gasteiger partial charge is 0.237 e. The van der Waals surface area contributed by atoms with Crippen LogP contribution in [0.5, 0.6) is 0 Å². The molecule has 0 fully saturated rings. The van der Waals surface area contributed by atoms with Gasteiger partial charge in [-0.15, -0.1) is 15.3 Å². The van der Waals surface area contributed by atoms with Crippen molar-refractivity contribution in [2.75, 3.05) is 0 Å². The van der Waals surface area contributed by atoms with E-state index in [1.54, 1.807) is 10.9 Å². The fourth-order valence-corrected chi connectivity index (χ4v) is 1.30. The van der Waals surface area contributed by atoms with Crippen molar-refractivity contribution < 1.29 is 4.42 Å². The number of nitrogens with zero attached hydrogens (tertiary/aromatic N) is 5. The first-order valence-electron chi connectivity index (χ1n) is 5.50. The minimum atomic E-state index is -0.498. The van der Waals surface area contributed by atoms with E-state index >= 15 is 0 Å². The average Bonchev–Trinajstić information content (AvgIpc) is 2.86. The van der Waals surface area contributed by atoms with Gasteiger partial charge in [0.05, 0.1) is 11.7 Å². The van der Waals surface area contributed by atoms with E-state index in [1.165, 1.54) is 0 Å². The van der Waals surface area contributed by atoms with Crippen molar-refractivity contribution in [3.63, 3.8) is 0 Å². The Hall–Kier alpha value is -1.76. The zero-order chi connectivity index (χ0) is 12.5. The molecule has 92 valence electrons. The van der Waals surface area contributed by atoms with Gasteiger partial charge in [-0.1, -0.05) is 12.1 Å². The van der Waals surface area contributed by atoms with Crippen LogP contribution in [0.25, 0.3) is 0 Å². The van der Waals surface area contributed by atoms with E-state index in [2.05, 4.69) is 20.5 Å². The zero-order valence-corrected chi connectivity index (χ0v) is 10.2. The Morgan fingerprint density at radius 1 is 1.29 bits per heavy atom. The quantitative estimate of drug-likeness (QED) is 0.828. The summed E-state index contributed by atoms with van der Waals surface area (Å²) in [7, 11) is 0. The Labute approximate surface area is 99.0 Å². The first-order chi connectivity index (χ1) is 7.99. The number of aromatic nitrogens is 5. The number of hydrogen-bond donors (Lipinski definition) is 1. The summed E-state index contributed by atoms with van der Waals surface area (Å²) in [5.74, 6) is 1.15. The minimum absolute atomic E-state index is 0.413. The largest absolute Gasteiger partial charge is 0.423 e. The summed E-state index contributed by atoms with van der Waals surface area (Å²) >= 11 is 0. The number of nitrogens with two attached hydrogens (primary N) is 1. The van der Waals surface area contributed by atoms with Crippen LogP contribution < -0.4 is 5.73 Å². The monoisotopic (exact) mass is 236 g/mol. The van der Waals surface area contributed by atoms with Crippen molar-refractivity contribution in [1.82, 2.24) is 25.2 Å². The summed E-state index contributed by atoms with van der Waals surface area (Å²) in [5.41, 5.74) is 6.15. The van der Waals surface area contributed by atoms with Crippen molar-refractivity contribution in [1.29, 1.82) is 0 Å². The van der Waals surface area contributed by atoms with Crippen LogP contribution in [0.15, 0.2) is 10.6 Å². The molecule has 0 saturated carbocycles. The Morgan fingerprint density at radius 3 is 2.53 bits per heavy atom. The molecule has 0 bridgehead atoms. The molecule has 0 unspecified atom stereocenters. The van der Waals surface area contributed by atoms with E-state index < -0.39 is 5.54 Å². The predicted octanol–water partition coefficient (Wildman–Crippen LogP) is 0.466. The summed E-state index contributed by atoms with van der Waals surface area (Å²) in [6.07, 6.45) is 2.52. The standard InChI is InChI=1S/C10H16N6O/c1-4-8-13-14-9(17-8)6-16-5-7(12-15-16)10(2,3)11/h5H,4,6,11H2,1-3H3. The minimum Gasteiger partial charge on any atom is -0.423 e. The molecule has 2 aromatic heterocycles. The van der Waals surface area contributed by atoms with Gasteiger partial charge in [-0.05, 0) is 13.8 Å². The second kappa shape index (κ2) is 4.25. The van der Waals surface area contributed by atoms with Crippen molar-refractivity contribution in [3.8, 4) is 0 Å². The highest BCUT2D eigenvalue weighted by molar-refractivity contribution is 5.05. The van der Waals surface area contributed by atoms with Gasteiger partial charge in [0.2, 0.25) is 11.8 Å². The molecular formula is C10H16N6O. The first-order valence-corrected chi connectivity index (χ1v) is 5.50. The Morgan fingerprint density at radius 2 is 2.00 bits per heavy atom. The van der Waals surface area contributed by atoms with E-state index in [0.29, 0.717) is 18.3 Å². The van der Waals surface area contributed by atoms with Crippen LogP contribution in [-0.2, 0) is 18.5 Å². The van der Waals surface area contributed by atoms with Crippen LogP contribution in [0.1, 0.15) is 38.2 Å². The molecule has 7 heteroatoms. The van der Waals surface area contributed by atoms with Crippen LogP contribution in [0, 0.1) is 0 Å². The fraction of sp³-hybridized carbons (Fsp3) is 0.600. The molecule has 0 radical (unpaired) electrons. The normalized spacial score (nSPS) is 12.0. The third kappa shape index (κ3) is 2.68. The Bertz CT molecular complexity index is 495. The molecular weight excluding hydrogens is 220 g/mol. The molecule has 2 aromatic rings. The van der Waals surface area contributed by atoms with Crippen LogP contribution in [-0.4, -0.2) is 25.2 Å². The molecule has 2 rings (SSSR count). The molecule has 0 aliphatic carbocycles. The lowest BCUT2D eigenvalue weighted by atomic mass is 10.0. The molecule has 2 N–H and O–H groups in total. The van der Waals surface area contributed by atoms with E-state index in [-0.39, 0.29) is 0 Å². The summed E-state index contributed by atoms with van der Waals surface area (Å²) in [4.78, 5) is 0. The second-order valence-corrected chi connectivity index (χ2v) is 4.47. The van der Waals surface area contributed by atoms with Crippen molar-refractivity contribution in [2.45, 2.75) is 39.3 Å². The molecule has 17 heavy (non-hydrogen) atoms. The Balaban J connectivity index is 2.11. The lowest BCUT2D eigenvalue weighted by Crippen LogP contribution is -2.29. The highest BCUT2D eigenvalue weighted by Gasteiger charge is 2.18. The van der Waals surface area contributed by atoms with Gasteiger partial charge in [-0.25, -0.2) is 4.68 Å². The summed E-state index contributed by atoms with van der Waals surface area (Å²) in [6.45, 7) is 6.13. The van der Waals surface area contributed by atoms with Crippen LogP contribution in [0.4, 0.5) is 0 Å². The highest BCUT2D eigenvalue weighted by Crippen LogP contribution is 2.13. The van der Waals surface area contributed by atoms with Gasteiger partial charge in [0.25, 0.3) is 0 Å². The maximum atomic E-state index is 5.92. The number of aryl methyl sites for hydroxylation is 1. The van der Waals surface area contributed by atoms with Gasteiger partial charge in [-0.3, -0.25) is 0 Å². The molecule has 0 aliphatic rings. The van der Waals surface area contributed by atoms with Crippen LogP contribution >= 0.6 is 0 Å².